The van der Waals surface area contributed by atoms with Gasteiger partial charge in [-0.1, -0.05) is 18.2 Å². The predicted octanol–water partition coefficient (Wildman–Crippen LogP) is 2.42. The molecule has 0 spiro atoms. The smallest absolute Gasteiger partial charge is 0.118 e. The van der Waals surface area contributed by atoms with Crippen LogP contribution in [-0.4, -0.2) is 31.5 Å². The summed E-state index contributed by atoms with van der Waals surface area (Å²) < 4.78 is 10.6. The van der Waals surface area contributed by atoms with Crippen molar-refractivity contribution in [1.82, 2.24) is 5.32 Å². The molecule has 0 unspecified atom stereocenters. The Morgan fingerprint density at radius 1 is 1.24 bits per heavy atom. The minimum atomic E-state index is -0.497. The SMILES string of the molecule is COc1ccc(CNC[C@H](O)COCc2cccs2)cc1. The minimum absolute atomic E-state index is 0.341. The molecule has 0 amide bonds. The number of hydrogen-bond donors (Lipinski definition) is 2. The molecule has 0 saturated heterocycles. The second kappa shape index (κ2) is 8.79. The summed E-state index contributed by atoms with van der Waals surface area (Å²) in [4.78, 5) is 1.17. The predicted molar refractivity (Wildman–Crippen MR) is 84.7 cm³/mol. The first-order valence-corrected chi connectivity index (χ1v) is 7.77. The van der Waals surface area contributed by atoms with Crippen LogP contribution in [0.5, 0.6) is 5.75 Å². The van der Waals surface area contributed by atoms with E-state index >= 15 is 0 Å². The van der Waals surface area contributed by atoms with Crippen LogP contribution in [0.25, 0.3) is 0 Å². The van der Waals surface area contributed by atoms with E-state index in [0.29, 0.717) is 26.3 Å². The second-order valence-electron chi connectivity index (χ2n) is 4.73. The Kier molecular flexibility index (Phi) is 6.69. The third kappa shape index (κ3) is 5.85. The fraction of sp³-hybridized carbons (Fsp3) is 0.375. The van der Waals surface area contributed by atoms with Gasteiger partial charge in [-0.15, -0.1) is 11.3 Å². The van der Waals surface area contributed by atoms with Crippen molar-refractivity contribution in [3.8, 4) is 5.75 Å². The van der Waals surface area contributed by atoms with Crippen LogP contribution in [0.1, 0.15) is 10.4 Å². The van der Waals surface area contributed by atoms with Gasteiger partial charge in [0.2, 0.25) is 0 Å². The molecule has 5 heteroatoms. The number of benzene rings is 1. The molecule has 0 bridgehead atoms. The number of ether oxygens (including phenoxy) is 2. The van der Waals surface area contributed by atoms with E-state index < -0.39 is 6.10 Å². The lowest BCUT2D eigenvalue weighted by atomic mass is 10.2. The maximum Gasteiger partial charge on any atom is 0.118 e. The first kappa shape index (κ1) is 16.0. The van der Waals surface area contributed by atoms with E-state index in [2.05, 4.69) is 5.32 Å². The Morgan fingerprint density at radius 2 is 2.05 bits per heavy atom. The lowest BCUT2D eigenvalue weighted by molar-refractivity contribution is 0.0297. The molecule has 4 nitrogen and oxygen atoms in total. The average molecular weight is 307 g/mol. The third-order valence-corrected chi connectivity index (χ3v) is 3.85. The van der Waals surface area contributed by atoms with Crippen molar-refractivity contribution >= 4 is 11.3 Å². The number of aliphatic hydroxyl groups is 1. The molecule has 0 saturated carbocycles. The van der Waals surface area contributed by atoms with Crippen molar-refractivity contribution in [3.63, 3.8) is 0 Å². The first-order valence-electron chi connectivity index (χ1n) is 6.90. The molecule has 2 rings (SSSR count). The molecule has 0 aliphatic rings. The zero-order valence-electron chi connectivity index (χ0n) is 12.1. The van der Waals surface area contributed by atoms with Gasteiger partial charge in [-0.25, -0.2) is 0 Å². The topological polar surface area (TPSA) is 50.7 Å². The standard InChI is InChI=1S/C16H21NO3S/c1-19-15-6-4-13(5-7-15)9-17-10-14(18)11-20-12-16-3-2-8-21-16/h2-8,14,17-18H,9-12H2,1H3/t14-/m0/s1. The molecule has 1 atom stereocenters. The van der Waals surface area contributed by atoms with Crippen LogP contribution in [0.3, 0.4) is 0 Å². The van der Waals surface area contributed by atoms with Crippen LogP contribution in [0.2, 0.25) is 0 Å². The zero-order valence-corrected chi connectivity index (χ0v) is 12.9. The number of nitrogens with one attached hydrogen (secondary N) is 1. The molecule has 0 radical (unpaired) electrons. The van der Waals surface area contributed by atoms with Crippen molar-refractivity contribution in [2.24, 2.45) is 0 Å². The van der Waals surface area contributed by atoms with E-state index in [0.717, 1.165) is 11.3 Å². The van der Waals surface area contributed by atoms with E-state index in [1.807, 2.05) is 41.8 Å². The lowest BCUT2D eigenvalue weighted by Gasteiger charge is -2.12. The Labute approximate surface area is 129 Å². The number of methoxy groups -OCH3 is 1. The summed E-state index contributed by atoms with van der Waals surface area (Å²) in [5.74, 6) is 0.848. The Bertz CT molecular complexity index is 499. The quantitative estimate of drug-likeness (QED) is 0.747. The largest absolute Gasteiger partial charge is 0.497 e. The molecule has 1 aromatic carbocycles. The summed E-state index contributed by atoms with van der Waals surface area (Å²) in [5, 5.41) is 15.1. The highest BCUT2D eigenvalue weighted by Gasteiger charge is 2.04. The molecule has 114 valence electrons. The monoisotopic (exact) mass is 307 g/mol. The highest BCUT2D eigenvalue weighted by Crippen LogP contribution is 2.11. The molecular formula is C16H21NO3S. The van der Waals surface area contributed by atoms with Crippen LogP contribution < -0.4 is 10.1 Å². The van der Waals surface area contributed by atoms with Gasteiger partial charge in [0.25, 0.3) is 0 Å². The maximum absolute atomic E-state index is 9.83. The van der Waals surface area contributed by atoms with Crippen LogP contribution in [0.15, 0.2) is 41.8 Å². The first-order chi connectivity index (χ1) is 10.3. The fourth-order valence-corrected chi connectivity index (χ4v) is 2.52. The minimum Gasteiger partial charge on any atom is -0.497 e. The fourth-order valence-electron chi connectivity index (χ4n) is 1.88. The van der Waals surface area contributed by atoms with Crippen molar-refractivity contribution in [2.75, 3.05) is 20.3 Å². The van der Waals surface area contributed by atoms with Crippen molar-refractivity contribution in [2.45, 2.75) is 19.3 Å². The summed E-state index contributed by atoms with van der Waals surface area (Å²) in [6.07, 6.45) is -0.497. The normalized spacial score (nSPS) is 12.3. The van der Waals surface area contributed by atoms with Gasteiger partial charge in [-0.2, -0.15) is 0 Å². The second-order valence-corrected chi connectivity index (χ2v) is 5.76. The van der Waals surface area contributed by atoms with E-state index in [-0.39, 0.29) is 0 Å². The highest BCUT2D eigenvalue weighted by molar-refractivity contribution is 7.09. The molecule has 1 heterocycles. The van der Waals surface area contributed by atoms with Gasteiger partial charge in [0.1, 0.15) is 5.75 Å². The van der Waals surface area contributed by atoms with Crippen molar-refractivity contribution < 1.29 is 14.6 Å². The Morgan fingerprint density at radius 3 is 2.71 bits per heavy atom. The zero-order chi connectivity index (χ0) is 14.9. The lowest BCUT2D eigenvalue weighted by Crippen LogP contribution is -2.30. The van der Waals surface area contributed by atoms with Gasteiger partial charge in [-0.05, 0) is 29.1 Å². The molecule has 2 aromatic rings. The molecular weight excluding hydrogens is 286 g/mol. The molecule has 21 heavy (non-hydrogen) atoms. The number of thiophene rings is 1. The highest BCUT2D eigenvalue weighted by atomic mass is 32.1. The Balaban J connectivity index is 1.58. The van der Waals surface area contributed by atoms with Crippen molar-refractivity contribution in [1.29, 1.82) is 0 Å². The summed E-state index contributed by atoms with van der Waals surface area (Å²) in [6, 6.07) is 11.9. The van der Waals surface area contributed by atoms with Gasteiger partial charge in [-0.3, -0.25) is 0 Å². The molecule has 2 N–H and O–H groups in total. The van der Waals surface area contributed by atoms with Crippen LogP contribution in [0, 0.1) is 0 Å². The summed E-state index contributed by atoms with van der Waals surface area (Å²) in [7, 11) is 1.65. The molecule has 0 aliphatic carbocycles. The number of hydrogen-bond acceptors (Lipinski definition) is 5. The van der Waals surface area contributed by atoms with Gasteiger partial charge >= 0.3 is 0 Å². The van der Waals surface area contributed by atoms with E-state index in [4.69, 9.17) is 9.47 Å². The summed E-state index contributed by atoms with van der Waals surface area (Å²) in [5.41, 5.74) is 1.16. The van der Waals surface area contributed by atoms with Gasteiger partial charge < -0.3 is 19.9 Å². The maximum atomic E-state index is 9.83. The van der Waals surface area contributed by atoms with Crippen molar-refractivity contribution in [3.05, 3.63) is 52.2 Å². The van der Waals surface area contributed by atoms with Crippen LogP contribution in [-0.2, 0) is 17.9 Å². The van der Waals surface area contributed by atoms with E-state index in [1.165, 1.54) is 4.88 Å². The number of rotatable bonds is 9. The molecule has 0 fully saturated rings. The number of aliphatic hydroxyl groups excluding tert-OH is 1. The van der Waals surface area contributed by atoms with Crippen LogP contribution >= 0.6 is 11.3 Å². The molecule has 0 aliphatic heterocycles. The van der Waals surface area contributed by atoms with E-state index in [1.54, 1.807) is 18.4 Å². The summed E-state index contributed by atoms with van der Waals surface area (Å²) >= 11 is 1.66. The van der Waals surface area contributed by atoms with Crippen LogP contribution in [0.4, 0.5) is 0 Å². The summed E-state index contributed by atoms with van der Waals surface area (Å²) in [6.45, 7) is 2.13. The van der Waals surface area contributed by atoms with Gasteiger partial charge in [0.15, 0.2) is 0 Å². The molecule has 1 aromatic heterocycles. The Hall–Kier alpha value is -1.40. The van der Waals surface area contributed by atoms with Gasteiger partial charge in [0, 0.05) is 18.0 Å². The third-order valence-electron chi connectivity index (χ3n) is 3.00. The van der Waals surface area contributed by atoms with Gasteiger partial charge in [0.05, 0.1) is 26.4 Å². The average Bonchev–Trinajstić information content (AvgIpc) is 3.01. The van der Waals surface area contributed by atoms with E-state index in [9.17, 15) is 5.11 Å².